The Balaban J connectivity index is 1.50. The van der Waals surface area contributed by atoms with Gasteiger partial charge in [0.05, 0.1) is 21.8 Å². The fourth-order valence-corrected chi connectivity index (χ4v) is 6.27. The van der Waals surface area contributed by atoms with Gasteiger partial charge in [-0.1, -0.05) is 24.6 Å². The summed E-state index contributed by atoms with van der Waals surface area (Å²) in [5.41, 5.74) is 1.63. The third-order valence-electron chi connectivity index (χ3n) is 6.31. The number of benzene rings is 2. The molecule has 2 aliphatic rings. The second kappa shape index (κ2) is 10.2. The molecule has 2 amide bonds. The van der Waals surface area contributed by atoms with Crippen molar-refractivity contribution < 1.29 is 27.5 Å². The summed E-state index contributed by atoms with van der Waals surface area (Å²) < 4.78 is 33.0. The molecule has 9 nitrogen and oxygen atoms in total. The van der Waals surface area contributed by atoms with Crippen molar-refractivity contribution in [1.29, 1.82) is 0 Å². The van der Waals surface area contributed by atoms with Gasteiger partial charge in [-0.3, -0.25) is 9.59 Å². The van der Waals surface area contributed by atoms with Crippen LogP contribution >= 0.6 is 0 Å². The number of piperidine rings is 1. The van der Waals surface area contributed by atoms with E-state index in [1.807, 2.05) is 0 Å². The second-order valence-corrected chi connectivity index (χ2v) is 10.8. The molecule has 0 bridgehead atoms. The van der Waals surface area contributed by atoms with Crippen molar-refractivity contribution in [2.24, 2.45) is 0 Å². The van der Waals surface area contributed by atoms with E-state index >= 15 is 0 Å². The number of sulfonamides is 1. The summed E-state index contributed by atoms with van der Waals surface area (Å²) >= 11 is 0. The predicted molar refractivity (Wildman–Crippen MR) is 131 cm³/mol. The summed E-state index contributed by atoms with van der Waals surface area (Å²) in [5.74, 6) is -1.49. The number of rotatable bonds is 5. The van der Waals surface area contributed by atoms with Crippen molar-refractivity contribution in [2.45, 2.75) is 50.5 Å². The van der Waals surface area contributed by atoms with Gasteiger partial charge in [-0.25, -0.2) is 13.2 Å². The number of nitrogens with zero attached hydrogens (tertiary/aromatic N) is 2. The maximum absolute atomic E-state index is 13.1. The highest BCUT2D eigenvalue weighted by Crippen LogP contribution is 2.31. The van der Waals surface area contributed by atoms with Gasteiger partial charge in [-0.15, -0.1) is 0 Å². The zero-order valence-corrected chi connectivity index (χ0v) is 20.6. The first-order valence-corrected chi connectivity index (χ1v) is 13.1. The molecular formula is C25H29N3O6S. The topological polar surface area (TPSA) is 113 Å². The van der Waals surface area contributed by atoms with Crippen LogP contribution in [0.2, 0.25) is 0 Å². The lowest BCUT2D eigenvalue weighted by molar-refractivity contribution is -0.122. The Bertz CT molecular complexity index is 1250. The van der Waals surface area contributed by atoms with Gasteiger partial charge in [0, 0.05) is 25.6 Å². The van der Waals surface area contributed by atoms with Crippen LogP contribution in [0.15, 0.2) is 47.4 Å². The Kier molecular flexibility index (Phi) is 7.23. The number of amides is 2. The minimum Gasteiger partial charge on any atom is -0.452 e. The molecule has 1 fully saturated rings. The number of anilines is 2. The molecule has 0 aromatic heterocycles. The molecule has 0 radical (unpaired) electrons. The van der Waals surface area contributed by atoms with Gasteiger partial charge in [-0.2, -0.15) is 4.31 Å². The van der Waals surface area contributed by atoms with Crippen molar-refractivity contribution in [3.8, 4) is 0 Å². The molecule has 4 rings (SSSR count). The highest BCUT2D eigenvalue weighted by atomic mass is 32.2. The zero-order chi connectivity index (χ0) is 25.2. The highest BCUT2D eigenvalue weighted by Gasteiger charge is 2.31. The number of hydrogen-bond acceptors (Lipinski definition) is 6. The van der Waals surface area contributed by atoms with E-state index in [4.69, 9.17) is 4.74 Å². The molecule has 2 heterocycles. The van der Waals surface area contributed by atoms with Crippen molar-refractivity contribution in [1.82, 2.24) is 4.31 Å². The summed E-state index contributed by atoms with van der Waals surface area (Å²) in [4.78, 5) is 39.5. The molecule has 35 heavy (non-hydrogen) atoms. The summed E-state index contributed by atoms with van der Waals surface area (Å²) in [6.07, 6.45) is 2.71. The Hall–Kier alpha value is -3.24. The molecule has 1 atom stereocenters. The molecule has 2 aliphatic heterocycles. The third-order valence-corrected chi connectivity index (χ3v) is 8.35. The Labute approximate surface area is 205 Å². The highest BCUT2D eigenvalue weighted by molar-refractivity contribution is 7.89. The van der Waals surface area contributed by atoms with Gasteiger partial charge in [0.25, 0.3) is 5.91 Å². The number of carbonyl (C=O) groups excluding carboxylic acids is 3. The molecule has 0 spiro atoms. The van der Waals surface area contributed by atoms with Crippen molar-refractivity contribution in [2.75, 3.05) is 29.9 Å². The maximum Gasteiger partial charge on any atom is 0.338 e. The van der Waals surface area contributed by atoms with Crippen molar-refractivity contribution >= 4 is 39.2 Å². The van der Waals surface area contributed by atoms with Crippen LogP contribution in [0, 0.1) is 6.92 Å². The number of ether oxygens (including phenoxy) is 1. The van der Waals surface area contributed by atoms with Gasteiger partial charge in [-0.05, 0) is 56.5 Å². The van der Waals surface area contributed by atoms with Crippen molar-refractivity contribution in [3.63, 3.8) is 0 Å². The lowest BCUT2D eigenvalue weighted by Crippen LogP contribution is -2.41. The zero-order valence-electron chi connectivity index (χ0n) is 19.8. The average molecular weight is 500 g/mol. The van der Waals surface area contributed by atoms with Crippen LogP contribution in [0.3, 0.4) is 0 Å². The van der Waals surface area contributed by atoms with E-state index in [9.17, 15) is 22.8 Å². The monoisotopic (exact) mass is 499 g/mol. The van der Waals surface area contributed by atoms with Crippen LogP contribution in [-0.2, 0) is 24.3 Å². The average Bonchev–Trinajstić information content (AvgIpc) is 2.97. The van der Waals surface area contributed by atoms with E-state index in [0.717, 1.165) is 19.3 Å². The second-order valence-electron chi connectivity index (χ2n) is 8.90. The van der Waals surface area contributed by atoms with E-state index in [0.29, 0.717) is 30.0 Å². The van der Waals surface area contributed by atoms with Gasteiger partial charge in [0.1, 0.15) is 0 Å². The first-order chi connectivity index (χ1) is 16.7. The van der Waals surface area contributed by atoms with Gasteiger partial charge >= 0.3 is 5.97 Å². The summed E-state index contributed by atoms with van der Waals surface area (Å²) in [7, 11) is -3.74. The van der Waals surface area contributed by atoms with Gasteiger partial charge < -0.3 is 15.0 Å². The molecule has 2 aromatic carbocycles. The van der Waals surface area contributed by atoms with Crippen LogP contribution in [-0.4, -0.2) is 56.2 Å². The predicted octanol–water partition coefficient (Wildman–Crippen LogP) is 3.09. The van der Waals surface area contributed by atoms with E-state index in [-0.39, 0.29) is 22.8 Å². The fourth-order valence-electron chi connectivity index (χ4n) is 4.50. The van der Waals surface area contributed by atoms with E-state index in [1.165, 1.54) is 21.3 Å². The Morgan fingerprint density at radius 3 is 2.54 bits per heavy atom. The molecule has 2 aromatic rings. The first-order valence-electron chi connectivity index (χ1n) is 11.7. The third kappa shape index (κ3) is 5.23. The van der Waals surface area contributed by atoms with Crippen molar-refractivity contribution in [3.05, 3.63) is 53.6 Å². The molecule has 10 heteroatoms. The van der Waals surface area contributed by atoms with Crippen LogP contribution in [0.1, 0.15) is 48.5 Å². The van der Waals surface area contributed by atoms with Crippen LogP contribution < -0.4 is 10.2 Å². The molecule has 1 N–H and O–H groups in total. The van der Waals surface area contributed by atoms with Crippen LogP contribution in [0.4, 0.5) is 11.4 Å². The Morgan fingerprint density at radius 1 is 1.09 bits per heavy atom. The molecule has 0 aliphatic carbocycles. The number of aryl methyl sites for hydroxylation is 1. The largest absolute Gasteiger partial charge is 0.452 e. The number of para-hydroxylation sites is 2. The molecule has 1 unspecified atom stereocenters. The summed E-state index contributed by atoms with van der Waals surface area (Å²) in [5, 5.41) is 2.78. The number of fused-ring (bicyclic) bond motifs is 1. The van der Waals surface area contributed by atoms with Crippen LogP contribution in [0.5, 0.6) is 0 Å². The molecule has 0 saturated carbocycles. The quantitative estimate of drug-likeness (QED) is 0.633. The number of nitrogens with one attached hydrogen (secondary N) is 1. The molecule has 186 valence electrons. The number of carbonyl (C=O) groups is 3. The van der Waals surface area contributed by atoms with Gasteiger partial charge in [0.15, 0.2) is 6.61 Å². The SMILES string of the molecule is Cc1ccc(C(=O)OCC(=O)N2c3ccccc3NC(=O)CC2C)cc1S(=O)(=O)N1CCCCC1. The first kappa shape index (κ1) is 24.9. The number of esters is 1. The molecular weight excluding hydrogens is 470 g/mol. The standard InChI is InChI=1S/C25H29N3O6S/c1-17-10-11-19(15-22(17)35(32,33)27-12-6-3-7-13-27)25(31)34-16-24(30)28-18(2)14-23(29)26-20-8-4-5-9-21(20)28/h4-5,8-11,15,18H,3,6-7,12-14,16H2,1-2H3,(H,26,29). The van der Waals surface area contributed by atoms with E-state index in [1.54, 1.807) is 44.2 Å². The maximum atomic E-state index is 13.1. The minimum atomic E-state index is -3.74. The smallest absolute Gasteiger partial charge is 0.338 e. The van der Waals surface area contributed by atoms with Crippen LogP contribution in [0.25, 0.3) is 0 Å². The van der Waals surface area contributed by atoms with E-state index < -0.39 is 34.5 Å². The fraction of sp³-hybridized carbons (Fsp3) is 0.400. The number of hydrogen-bond donors (Lipinski definition) is 1. The minimum absolute atomic E-state index is 0.0557. The normalized spacial score (nSPS) is 18.9. The summed E-state index contributed by atoms with van der Waals surface area (Å²) in [6.45, 7) is 3.80. The molecule has 1 saturated heterocycles. The van der Waals surface area contributed by atoms with Gasteiger partial charge in [0.2, 0.25) is 15.9 Å². The lowest BCUT2D eigenvalue weighted by Gasteiger charge is -2.27. The van der Waals surface area contributed by atoms with E-state index in [2.05, 4.69) is 5.32 Å². The lowest BCUT2D eigenvalue weighted by atomic mass is 10.1. The summed E-state index contributed by atoms with van der Waals surface area (Å²) in [6, 6.07) is 10.9. The Morgan fingerprint density at radius 2 is 1.80 bits per heavy atom.